The first-order valence-electron chi connectivity index (χ1n) is 7.99. The lowest BCUT2D eigenvalue weighted by Crippen LogP contribution is -2.56. The molecule has 0 aliphatic carbocycles. The lowest BCUT2D eigenvalue weighted by molar-refractivity contribution is -0.0159. The largest absolute Gasteiger partial charge is 0.389 e. The van der Waals surface area contributed by atoms with Crippen LogP contribution in [0.4, 0.5) is 0 Å². The van der Waals surface area contributed by atoms with Gasteiger partial charge in [0.25, 0.3) is 0 Å². The van der Waals surface area contributed by atoms with E-state index in [-0.39, 0.29) is 0 Å². The van der Waals surface area contributed by atoms with Gasteiger partial charge in [0.2, 0.25) is 0 Å². The number of fused-ring (bicyclic) bond motifs is 1. The van der Waals surface area contributed by atoms with Crippen LogP contribution in [0.1, 0.15) is 20.3 Å². The molecule has 21 heavy (non-hydrogen) atoms. The van der Waals surface area contributed by atoms with Crippen molar-refractivity contribution in [2.75, 3.05) is 39.3 Å². The molecule has 1 atom stereocenters. The van der Waals surface area contributed by atoms with E-state index < -0.39 is 5.60 Å². The zero-order chi connectivity index (χ0) is 15.0. The topological polar surface area (TPSA) is 64.8 Å². The highest BCUT2D eigenvalue weighted by molar-refractivity contribution is 5.28. The van der Waals surface area contributed by atoms with Gasteiger partial charge in [0.05, 0.1) is 17.5 Å². The van der Waals surface area contributed by atoms with E-state index >= 15 is 0 Å². The van der Waals surface area contributed by atoms with Gasteiger partial charge in [0, 0.05) is 39.3 Å². The number of hydrogen-bond acceptors (Lipinski definition) is 5. The molecule has 0 radical (unpaired) electrons. The minimum Gasteiger partial charge on any atom is -0.389 e. The molecule has 0 saturated carbocycles. The van der Waals surface area contributed by atoms with Crippen LogP contribution in [-0.2, 0) is 0 Å². The number of allylic oxidation sites excluding steroid dienone is 2. The van der Waals surface area contributed by atoms with E-state index in [1.807, 2.05) is 19.9 Å². The molecule has 4 N–H and O–H groups in total. The van der Waals surface area contributed by atoms with Gasteiger partial charge in [-0.2, -0.15) is 0 Å². The molecule has 5 heteroatoms. The minimum atomic E-state index is -0.575. The van der Waals surface area contributed by atoms with E-state index in [4.69, 9.17) is 5.73 Å². The summed E-state index contributed by atoms with van der Waals surface area (Å²) in [4.78, 5) is 4.91. The van der Waals surface area contributed by atoms with Crippen molar-refractivity contribution in [3.05, 3.63) is 23.5 Å². The van der Waals surface area contributed by atoms with Crippen molar-refractivity contribution in [3.8, 4) is 0 Å². The van der Waals surface area contributed by atoms with Gasteiger partial charge in [-0.1, -0.05) is 6.08 Å². The maximum Gasteiger partial charge on any atom is 0.0964 e. The van der Waals surface area contributed by atoms with E-state index in [2.05, 4.69) is 21.2 Å². The predicted octanol–water partition coefficient (Wildman–Crippen LogP) is 0.0931. The smallest absolute Gasteiger partial charge is 0.0964 e. The second-order valence-corrected chi connectivity index (χ2v) is 7.46. The van der Waals surface area contributed by atoms with Crippen molar-refractivity contribution in [2.45, 2.75) is 31.9 Å². The summed E-state index contributed by atoms with van der Waals surface area (Å²) >= 11 is 0. The third-order valence-corrected chi connectivity index (χ3v) is 4.57. The van der Waals surface area contributed by atoms with Gasteiger partial charge in [0.1, 0.15) is 0 Å². The fraction of sp³-hybridized carbons (Fsp3) is 0.750. The molecule has 0 aromatic heterocycles. The van der Waals surface area contributed by atoms with Crippen molar-refractivity contribution in [1.29, 1.82) is 0 Å². The van der Waals surface area contributed by atoms with Crippen molar-refractivity contribution < 1.29 is 5.11 Å². The number of nitrogens with zero attached hydrogens (tertiary/aromatic N) is 2. The van der Waals surface area contributed by atoms with Gasteiger partial charge in [-0.25, -0.2) is 0 Å². The van der Waals surface area contributed by atoms with Gasteiger partial charge in [0.15, 0.2) is 0 Å². The molecular weight excluding hydrogens is 264 g/mol. The average Bonchev–Trinajstić information content (AvgIpc) is 2.35. The molecule has 0 aromatic carbocycles. The van der Waals surface area contributed by atoms with Crippen LogP contribution >= 0.6 is 0 Å². The Labute approximate surface area is 127 Å². The monoisotopic (exact) mass is 292 g/mol. The number of rotatable bonds is 4. The quantitative estimate of drug-likeness (QED) is 0.685. The summed E-state index contributed by atoms with van der Waals surface area (Å²) in [6.07, 6.45) is 5.30. The van der Waals surface area contributed by atoms with Gasteiger partial charge < -0.3 is 16.2 Å². The fourth-order valence-electron chi connectivity index (χ4n) is 3.71. The number of likely N-dealkylation sites (tertiary alicyclic amines) is 2. The number of nitrogens with one attached hydrogen (secondary N) is 1. The van der Waals surface area contributed by atoms with E-state index in [1.54, 1.807) is 0 Å². The Hall–Kier alpha value is -1.04. The van der Waals surface area contributed by atoms with Crippen LogP contribution in [0.5, 0.6) is 0 Å². The lowest BCUT2D eigenvalue weighted by atomic mass is 9.92. The lowest BCUT2D eigenvalue weighted by Gasteiger charge is -2.45. The highest BCUT2D eigenvalue weighted by Gasteiger charge is 2.33. The highest BCUT2D eigenvalue weighted by Crippen LogP contribution is 2.24. The van der Waals surface area contributed by atoms with Crippen LogP contribution in [0.25, 0.3) is 0 Å². The zero-order valence-electron chi connectivity index (χ0n) is 13.2. The molecule has 1 unspecified atom stereocenters. The molecule has 5 nitrogen and oxygen atoms in total. The Morgan fingerprint density at radius 1 is 1.33 bits per heavy atom. The first-order chi connectivity index (χ1) is 9.89. The molecule has 2 fully saturated rings. The molecule has 0 amide bonds. The summed E-state index contributed by atoms with van der Waals surface area (Å²) in [7, 11) is 0. The number of dihydropyridines is 1. The molecule has 2 saturated heterocycles. The molecule has 3 aliphatic rings. The molecule has 0 bridgehead atoms. The summed E-state index contributed by atoms with van der Waals surface area (Å²) in [6.45, 7) is 10.2. The van der Waals surface area contributed by atoms with Crippen LogP contribution < -0.4 is 11.1 Å². The van der Waals surface area contributed by atoms with Crippen LogP contribution in [0.15, 0.2) is 23.5 Å². The Morgan fingerprint density at radius 2 is 2.10 bits per heavy atom. The second-order valence-electron chi connectivity index (χ2n) is 7.46. The summed E-state index contributed by atoms with van der Waals surface area (Å²) < 4.78 is 0. The molecule has 0 spiro atoms. The maximum atomic E-state index is 9.83. The first kappa shape index (κ1) is 14.9. The summed E-state index contributed by atoms with van der Waals surface area (Å²) in [5.74, 6) is 1.54. The van der Waals surface area contributed by atoms with Crippen LogP contribution in [0.3, 0.4) is 0 Å². The standard InChI is InChI=1S/C16H28N4O/c1-16(2,21)11-20-8-12(9-20)7-19-6-5-14-13(10-19)3-4-15(17)18-14/h3-4,12,14,18,21H,5-11,17H2,1-2H3. The Balaban J connectivity index is 1.44. The minimum absolute atomic E-state index is 0.444. The number of aliphatic hydroxyl groups is 1. The Morgan fingerprint density at radius 3 is 2.81 bits per heavy atom. The van der Waals surface area contributed by atoms with Crippen molar-refractivity contribution in [1.82, 2.24) is 15.1 Å². The van der Waals surface area contributed by atoms with Gasteiger partial charge in [-0.15, -0.1) is 0 Å². The average molecular weight is 292 g/mol. The molecule has 0 aromatic rings. The van der Waals surface area contributed by atoms with Crippen molar-refractivity contribution in [3.63, 3.8) is 0 Å². The number of β-amino-alcohol motifs (C(OH)–C–C–N with tert-alkyl or cyclic N) is 1. The first-order valence-corrected chi connectivity index (χ1v) is 7.99. The van der Waals surface area contributed by atoms with E-state index in [9.17, 15) is 5.11 Å². The van der Waals surface area contributed by atoms with E-state index in [1.165, 1.54) is 12.1 Å². The Bertz CT molecular complexity index is 446. The maximum absolute atomic E-state index is 9.83. The van der Waals surface area contributed by atoms with E-state index in [0.717, 1.165) is 50.9 Å². The van der Waals surface area contributed by atoms with Gasteiger partial charge in [-0.05, 0) is 37.8 Å². The van der Waals surface area contributed by atoms with Crippen molar-refractivity contribution >= 4 is 0 Å². The number of hydrogen-bond donors (Lipinski definition) is 3. The van der Waals surface area contributed by atoms with Crippen LogP contribution in [-0.4, -0.2) is 65.8 Å². The van der Waals surface area contributed by atoms with Crippen LogP contribution in [0, 0.1) is 5.92 Å². The summed E-state index contributed by atoms with van der Waals surface area (Å²) in [6, 6.07) is 0.444. The SMILES string of the molecule is CC(C)(O)CN1CC(CN2CCC3NC(N)=CC=C3C2)C1. The zero-order valence-corrected chi connectivity index (χ0v) is 13.2. The van der Waals surface area contributed by atoms with Gasteiger partial charge in [-0.3, -0.25) is 9.80 Å². The normalized spacial score (nSPS) is 28.2. The van der Waals surface area contributed by atoms with Crippen molar-refractivity contribution in [2.24, 2.45) is 11.7 Å². The second kappa shape index (κ2) is 5.63. The third kappa shape index (κ3) is 3.78. The molecule has 118 valence electrons. The molecule has 3 aliphatic heterocycles. The highest BCUT2D eigenvalue weighted by atomic mass is 16.3. The van der Waals surface area contributed by atoms with Crippen LogP contribution in [0.2, 0.25) is 0 Å². The van der Waals surface area contributed by atoms with E-state index in [0.29, 0.717) is 6.04 Å². The molecular formula is C16H28N4O. The number of piperidine rings is 1. The summed E-state index contributed by atoms with van der Waals surface area (Å²) in [5, 5.41) is 13.2. The van der Waals surface area contributed by atoms with Gasteiger partial charge >= 0.3 is 0 Å². The fourth-order valence-corrected chi connectivity index (χ4v) is 3.71. The predicted molar refractivity (Wildman–Crippen MR) is 84.6 cm³/mol. The number of nitrogens with two attached hydrogens (primary N) is 1. The molecule has 3 rings (SSSR count). The summed E-state index contributed by atoms with van der Waals surface area (Å²) in [5.41, 5.74) is 6.71. The Kier molecular flexibility index (Phi) is 3.99. The third-order valence-electron chi connectivity index (χ3n) is 4.57. The molecule has 3 heterocycles.